The van der Waals surface area contributed by atoms with Gasteiger partial charge in [-0.1, -0.05) is 18.2 Å². The van der Waals surface area contributed by atoms with Gasteiger partial charge in [0, 0.05) is 12.6 Å². The summed E-state index contributed by atoms with van der Waals surface area (Å²) in [6.45, 7) is 8.11. The topological polar surface area (TPSA) is 12.0 Å². The molecule has 14 heavy (non-hydrogen) atoms. The van der Waals surface area contributed by atoms with Gasteiger partial charge >= 0.3 is 0 Å². The highest BCUT2D eigenvalue weighted by atomic mass is 19.1. The van der Waals surface area contributed by atoms with E-state index in [1.165, 1.54) is 0 Å². The van der Waals surface area contributed by atoms with Crippen LogP contribution in [0.25, 0.3) is 0 Å². The molecular weight excluding hydrogens is 177 g/mol. The van der Waals surface area contributed by atoms with Gasteiger partial charge in [0.05, 0.1) is 0 Å². The fourth-order valence-corrected chi connectivity index (χ4v) is 1.11. The van der Waals surface area contributed by atoms with Gasteiger partial charge in [0.25, 0.3) is 0 Å². The molecule has 0 aliphatic carbocycles. The third kappa shape index (κ3) is 2.96. The molecular formula is C12H16FN. The summed E-state index contributed by atoms with van der Waals surface area (Å²) in [5.41, 5.74) is 1.65. The SMILES string of the molecule is C=CC(C)NCc1ccc(C)c(F)c1. The van der Waals surface area contributed by atoms with Crippen molar-refractivity contribution >= 4 is 0 Å². The van der Waals surface area contributed by atoms with E-state index in [4.69, 9.17) is 0 Å². The van der Waals surface area contributed by atoms with Gasteiger partial charge in [0.15, 0.2) is 0 Å². The Kier molecular flexibility index (Phi) is 3.84. The van der Waals surface area contributed by atoms with Crippen molar-refractivity contribution in [2.24, 2.45) is 0 Å². The minimum absolute atomic E-state index is 0.143. The van der Waals surface area contributed by atoms with E-state index in [0.717, 1.165) is 5.56 Å². The molecule has 0 aromatic heterocycles. The Balaban J connectivity index is 2.59. The highest BCUT2D eigenvalue weighted by Crippen LogP contribution is 2.08. The third-order valence-corrected chi connectivity index (χ3v) is 2.22. The van der Waals surface area contributed by atoms with E-state index in [2.05, 4.69) is 11.9 Å². The number of hydrogen-bond donors (Lipinski definition) is 1. The number of hydrogen-bond acceptors (Lipinski definition) is 1. The van der Waals surface area contributed by atoms with Crippen molar-refractivity contribution in [2.45, 2.75) is 26.4 Å². The first-order valence-corrected chi connectivity index (χ1v) is 4.74. The first-order valence-electron chi connectivity index (χ1n) is 4.74. The molecule has 0 aliphatic heterocycles. The van der Waals surface area contributed by atoms with E-state index in [1.807, 2.05) is 19.1 Å². The minimum Gasteiger partial charge on any atom is -0.307 e. The molecule has 1 rings (SSSR count). The maximum Gasteiger partial charge on any atom is 0.126 e. The van der Waals surface area contributed by atoms with Gasteiger partial charge < -0.3 is 5.32 Å². The molecule has 1 aromatic rings. The van der Waals surface area contributed by atoms with Crippen LogP contribution in [0.1, 0.15) is 18.1 Å². The van der Waals surface area contributed by atoms with E-state index in [9.17, 15) is 4.39 Å². The van der Waals surface area contributed by atoms with Crippen molar-refractivity contribution in [2.75, 3.05) is 0 Å². The second-order valence-electron chi connectivity index (χ2n) is 3.49. The van der Waals surface area contributed by atoms with Crippen molar-refractivity contribution in [1.29, 1.82) is 0 Å². The fourth-order valence-electron chi connectivity index (χ4n) is 1.11. The predicted octanol–water partition coefficient (Wildman–Crippen LogP) is 2.80. The lowest BCUT2D eigenvalue weighted by Crippen LogP contribution is -2.22. The third-order valence-electron chi connectivity index (χ3n) is 2.22. The molecule has 0 bridgehead atoms. The Morgan fingerprint density at radius 1 is 1.57 bits per heavy atom. The van der Waals surface area contributed by atoms with Crippen LogP contribution in [0.3, 0.4) is 0 Å². The summed E-state index contributed by atoms with van der Waals surface area (Å²) in [5.74, 6) is -0.143. The number of aryl methyl sites for hydroxylation is 1. The van der Waals surface area contributed by atoms with Crippen LogP contribution in [0, 0.1) is 12.7 Å². The predicted molar refractivity (Wildman–Crippen MR) is 57.6 cm³/mol. The summed E-state index contributed by atoms with van der Waals surface area (Å²) in [7, 11) is 0. The maximum absolute atomic E-state index is 13.1. The Morgan fingerprint density at radius 2 is 2.29 bits per heavy atom. The zero-order chi connectivity index (χ0) is 10.6. The van der Waals surface area contributed by atoms with E-state index in [0.29, 0.717) is 12.1 Å². The van der Waals surface area contributed by atoms with E-state index < -0.39 is 0 Å². The molecule has 1 atom stereocenters. The van der Waals surface area contributed by atoms with Gasteiger partial charge in [-0.3, -0.25) is 0 Å². The number of benzene rings is 1. The molecule has 0 fully saturated rings. The Hall–Kier alpha value is -1.15. The second-order valence-corrected chi connectivity index (χ2v) is 3.49. The number of rotatable bonds is 4. The van der Waals surface area contributed by atoms with Crippen molar-refractivity contribution in [3.63, 3.8) is 0 Å². The lowest BCUT2D eigenvalue weighted by Gasteiger charge is -2.09. The van der Waals surface area contributed by atoms with Crippen LogP contribution >= 0.6 is 0 Å². The second kappa shape index (κ2) is 4.91. The van der Waals surface area contributed by atoms with Crippen LogP contribution in [-0.4, -0.2) is 6.04 Å². The molecule has 1 unspecified atom stereocenters. The van der Waals surface area contributed by atoms with Gasteiger partial charge in [-0.2, -0.15) is 0 Å². The van der Waals surface area contributed by atoms with Crippen molar-refractivity contribution in [3.05, 3.63) is 47.8 Å². The lowest BCUT2D eigenvalue weighted by atomic mass is 10.1. The smallest absolute Gasteiger partial charge is 0.126 e. The highest BCUT2D eigenvalue weighted by Gasteiger charge is 2.00. The van der Waals surface area contributed by atoms with Crippen LogP contribution in [0.2, 0.25) is 0 Å². The van der Waals surface area contributed by atoms with E-state index in [1.54, 1.807) is 19.1 Å². The Labute approximate surface area is 84.6 Å². The van der Waals surface area contributed by atoms with Gasteiger partial charge in [-0.15, -0.1) is 6.58 Å². The standard InChI is InChI=1S/C12H16FN/c1-4-10(3)14-8-11-6-5-9(2)12(13)7-11/h4-7,10,14H,1,8H2,2-3H3. The number of halogens is 1. The molecule has 76 valence electrons. The Bertz CT molecular complexity index is 320. The summed E-state index contributed by atoms with van der Waals surface area (Å²) in [6, 6.07) is 5.55. The maximum atomic E-state index is 13.1. The van der Waals surface area contributed by atoms with Gasteiger partial charge in [0.1, 0.15) is 5.82 Å². The minimum atomic E-state index is -0.143. The molecule has 0 spiro atoms. The lowest BCUT2D eigenvalue weighted by molar-refractivity contribution is 0.603. The molecule has 0 radical (unpaired) electrons. The van der Waals surface area contributed by atoms with Crippen LogP contribution in [0.15, 0.2) is 30.9 Å². The Morgan fingerprint density at radius 3 is 2.86 bits per heavy atom. The molecule has 2 heteroatoms. The molecule has 1 aromatic carbocycles. The van der Waals surface area contributed by atoms with Crippen molar-refractivity contribution in [1.82, 2.24) is 5.32 Å². The summed E-state index contributed by atoms with van der Waals surface area (Å²) >= 11 is 0. The largest absolute Gasteiger partial charge is 0.307 e. The van der Waals surface area contributed by atoms with Crippen LogP contribution in [-0.2, 0) is 6.54 Å². The monoisotopic (exact) mass is 193 g/mol. The highest BCUT2D eigenvalue weighted by molar-refractivity contribution is 5.23. The molecule has 0 aliphatic rings. The molecule has 0 heterocycles. The van der Waals surface area contributed by atoms with Crippen LogP contribution < -0.4 is 5.32 Å². The quantitative estimate of drug-likeness (QED) is 0.725. The van der Waals surface area contributed by atoms with Crippen molar-refractivity contribution in [3.8, 4) is 0 Å². The zero-order valence-corrected chi connectivity index (χ0v) is 8.68. The molecule has 0 saturated carbocycles. The molecule has 0 saturated heterocycles. The summed E-state index contributed by atoms with van der Waals surface area (Å²) < 4.78 is 13.1. The van der Waals surface area contributed by atoms with E-state index in [-0.39, 0.29) is 11.9 Å². The first kappa shape index (κ1) is 10.9. The summed E-state index contributed by atoms with van der Waals surface area (Å²) in [6.07, 6.45) is 1.82. The molecule has 1 nitrogen and oxygen atoms in total. The van der Waals surface area contributed by atoms with Gasteiger partial charge in [-0.05, 0) is 31.0 Å². The molecule has 1 N–H and O–H groups in total. The van der Waals surface area contributed by atoms with Gasteiger partial charge in [-0.25, -0.2) is 4.39 Å². The van der Waals surface area contributed by atoms with Crippen molar-refractivity contribution < 1.29 is 4.39 Å². The summed E-state index contributed by atoms with van der Waals surface area (Å²) in [5, 5.41) is 3.21. The zero-order valence-electron chi connectivity index (χ0n) is 8.68. The normalized spacial score (nSPS) is 12.5. The summed E-state index contributed by atoms with van der Waals surface area (Å²) in [4.78, 5) is 0. The fraction of sp³-hybridized carbons (Fsp3) is 0.333. The molecule has 0 amide bonds. The average Bonchev–Trinajstić information content (AvgIpc) is 2.19. The van der Waals surface area contributed by atoms with E-state index >= 15 is 0 Å². The first-order chi connectivity index (χ1) is 6.63. The number of nitrogens with one attached hydrogen (secondary N) is 1. The van der Waals surface area contributed by atoms with Crippen LogP contribution in [0.5, 0.6) is 0 Å². The van der Waals surface area contributed by atoms with Crippen LogP contribution in [0.4, 0.5) is 4.39 Å². The average molecular weight is 193 g/mol. The van der Waals surface area contributed by atoms with Gasteiger partial charge in [0.2, 0.25) is 0 Å².